The molecule has 0 aliphatic rings. The average Bonchev–Trinajstić information content (AvgIpc) is 2.88. The van der Waals surface area contributed by atoms with Gasteiger partial charge in [-0.1, -0.05) is 0 Å². The summed E-state index contributed by atoms with van der Waals surface area (Å²) in [5.41, 5.74) is 0.0541. The van der Waals surface area contributed by atoms with Crippen LogP contribution in [-0.4, -0.2) is 25.6 Å². The Morgan fingerprint density at radius 3 is 2.93 bits per heavy atom. The van der Waals surface area contributed by atoms with E-state index in [1.54, 1.807) is 10.8 Å². The van der Waals surface area contributed by atoms with E-state index in [9.17, 15) is 4.79 Å². The molecule has 6 heteroatoms. The molecule has 0 bridgehead atoms. The molecule has 0 fully saturated rings. The zero-order chi connectivity index (χ0) is 10.8. The van der Waals surface area contributed by atoms with Gasteiger partial charge in [-0.2, -0.15) is 0 Å². The Morgan fingerprint density at radius 2 is 2.40 bits per heavy atom. The summed E-state index contributed by atoms with van der Waals surface area (Å²) >= 11 is 1.54. The van der Waals surface area contributed by atoms with Crippen LogP contribution < -0.4 is 0 Å². The van der Waals surface area contributed by atoms with Gasteiger partial charge in [-0.15, -0.1) is 11.3 Å². The van der Waals surface area contributed by atoms with E-state index in [4.69, 9.17) is 5.11 Å². The lowest BCUT2D eigenvalue weighted by atomic mass is 10.3. The first kappa shape index (κ1) is 9.85. The fraction of sp³-hybridized carbons (Fsp3) is 0.222. The van der Waals surface area contributed by atoms with Gasteiger partial charge >= 0.3 is 5.97 Å². The lowest BCUT2D eigenvalue weighted by Crippen LogP contribution is -2.04. The Bertz CT molecular complexity index is 463. The molecule has 78 valence electrons. The molecule has 15 heavy (non-hydrogen) atoms. The predicted molar refractivity (Wildman–Crippen MR) is 55.1 cm³/mol. The minimum absolute atomic E-state index is 0.0191. The molecule has 2 rings (SSSR count). The number of imidazole rings is 1. The number of hydrogen-bond acceptors (Lipinski definition) is 4. The van der Waals surface area contributed by atoms with Gasteiger partial charge in [0.1, 0.15) is 5.01 Å². The summed E-state index contributed by atoms with van der Waals surface area (Å²) in [6.07, 6.45) is 4.75. The minimum Gasteiger partial charge on any atom is -0.476 e. The van der Waals surface area contributed by atoms with Gasteiger partial charge in [0.15, 0.2) is 5.69 Å². The summed E-state index contributed by atoms with van der Waals surface area (Å²) in [5.74, 6) is -1.01. The van der Waals surface area contributed by atoms with Crippen molar-refractivity contribution in [2.75, 3.05) is 0 Å². The Kier molecular flexibility index (Phi) is 2.51. The lowest BCUT2D eigenvalue weighted by Gasteiger charge is -2.08. The van der Waals surface area contributed by atoms with E-state index in [-0.39, 0.29) is 11.7 Å². The minimum atomic E-state index is -1.01. The van der Waals surface area contributed by atoms with Gasteiger partial charge in [-0.05, 0) is 6.92 Å². The van der Waals surface area contributed by atoms with Crippen molar-refractivity contribution in [2.45, 2.75) is 13.0 Å². The third-order valence-corrected chi connectivity index (χ3v) is 3.02. The molecular formula is C9H9N3O2S. The van der Waals surface area contributed by atoms with Crippen LogP contribution in [0.15, 0.2) is 24.1 Å². The number of carbonyl (C=O) groups is 1. The van der Waals surface area contributed by atoms with Crippen molar-refractivity contribution in [3.63, 3.8) is 0 Å². The van der Waals surface area contributed by atoms with Crippen LogP contribution in [0.2, 0.25) is 0 Å². The SMILES string of the molecule is C[C@@H](c1nccs1)n1cnc(C(=O)O)c1. The van der Waals surface area contributed by atoms with E-state index >= 15 is 0 Å². The highest BCUT2D eigenvalue weighted by molar-refractivity contribution is 7.09. The zero-order valence-electron chi connectivity index (χ0n) is 7.99. The highest BCUT2D eigenvalue weighted by Crippen LogP contribution is 2.19. The molecule has 5 nitrogen and oxygen atoms in total. The van der Waals surface area contributed by atoms with Gasteiger partial charge in [-0.25, -0.2) is 14.8 Å². The normalized spacial score (nSPS) is 12.6. The van der Waals surface area contributed by atoms with Crippen molar-refractivity contribution >= 4 is 17.3 Å². The molecule has 1 N–H and O–H groups in total. The molecule has 2 aromatic rings. The second kappa shape index (κ2) is 3.82. The largest absolute Gasteiger partial charge is 0.476 e. The van der Waals surface area contributed by atoms with Crippen LogP contribution in [0.1, 0.15) is 28.5 Å². The van der Waals surface area contributed by atoms with Gasteiger partial charge in [-0.3, -0.25) is 0 Å². The fourth-order valence-electron chi connectivity index (χ4n) is 1.23. The smallest absolute Gasteiger partial charge is 0.356 e. The number of hydrogen-bond donors (Lipinski definition) is 1. The van der Waals surface area contributed by atoms with Crippen LogP contribution in [0.3, 0.4) is 0 Å². The molecule has 0 unspecified atom stereocenters. The Balaban J connectivity index is 2.26. The van der Waals surface area contributed by atoms with E-state index < -0.39 is 5.97 Å². The van der Waals surface area contributed by atoms with Crippen LogP contribution in [-0.2, 0) is 0 Å². The lowest BCUT2D eigenvalue weighted by molar-refractivity contribution is 0.0691. The van der Waals surface area contributed by atoms with Crippen LogP contribution >= 0.6 is 11.3 Å². The Hall–Kier alpha value is -1.69. The molecule has 2 heterocycles. The number of aromatic carboxylic acids is 1. The zero-order valence-corrected chi connectivity index (χ0v) is 8.81. The molecule has 0 aromatic carbocycles. The number of rotatable bonds is 3. The molecule has 0 aliphatic carbocycles. The Morgan fingerprint density at radius 1 is 1.60 bits per heavy atom. The van der Waals surface area contributed by atoms with E-state index in [1.807, 2.05) is 12.3 Å². The standard InChI is InChI=1S/C9H9N3O2S/c1-6(8-10-2-3-15-8)12-4-7(9(13)14)11-5-12/h2-6H,1H3,(H,13,14)/t6-/m0/s1. The van der Waals surface area contributed by atoms with Crippen molar-refractivity contribution < 1.29 is 9.90 Å². The molecule has 0 radical (unpaired) electrons. The van der Waals surface area contributed by atoms with Gasteiger partial charge in [0.2, 0.25) is 0 Å². The molecule has 2 aromatic heterocycles. The number of thiazole rings is 1. The molecule has 0 saturated heterocycles. The second-order valence-electron chi connectivity index (χ2n) is 3.06. The van der Waals surface area contributed by atoms with Crippen LogP contribution in [0, 0.1) is 0 Å². The number of carboxylic acid groups (broad SMARTS) is 1. The van der Waals surface area contributed by atoms with Crippen molar-refractivity contribution in [1.82, 2.24) is 14.5 Å². The first-order chi connectivity index (χ1) is 7.18. The first-order valence-electron chi connectivity index (χ1n) is 4.34. The van der Waals surface area contributed by atoms with E-state index in [2.05, 4.69) is 9.97 Å². The van der Waals surface area contributed by atoms with Gasteiger partial charge in [0, 0.05) is 17.8 Å². The maximum atomic E-state index is 10.6. The average molecular weight is 223 g/mol. The molecule has 0 amide bonds. The van der Waals surface area contributed by atoms with Crippen molar-refractivity contribution in [3.05, 3.63) is 34.8 Å². The van der Waals surface area contributed by atoms with Crippen molar-refractivity contribution in [1.29, 1.82) is 0 Å². The number of carboxylic acids is 1. The van der Waals surface area contributed by atoms with E-state index in [0.29, 0.717) is 0 Å². The summed E-state index contributed by atoms with van der Waals surface area (Å²) in [5, 5.41) is 11.5. The third-order valence-electron chi connectivity index (χ3n) is 2.08. The monoisotopic (exact) mass is 223 g/mol. The summed E-state index contributed by atoms with van der Waals surface area (Å²) in [6.45, 7) is 1.95. The topological polar surface area (TPSA) is 68.0 Å². The molecule has 0 saturated carbocycles. The third kappa shape index (κ3) is 1.89. The second-order valence-corrected chi connectivity index (χ2v) is 3.98. The quantitative estimate of drug-likeness (QED) is 0.859. The highest BCUT2D eigenvalue weighted by Gasteiger charge is 2.13. The maximum Gasteiger partial charge on any atom is 0.356 e. The molecular weight excluding hydrogens is 214 g/mol. The van der Waals surface area contributed by atoms with Crippen LogP contribution in [0.25, 0.3) is 0 Å². The molecule has 0 aliphatic heterocycles. The molecule has 1 atom stereocenters. The van der Waals surface area contributed by atoms with E-state index in [1.165, 1.54) is 23.9 Å². The van der Waals surface area contributed by atoms with Gasteiger partial charge in [0.25, 0.3) is 0 Å². The maximum absolute atomic E-state index is 10.6. The van der Waals surface area contributed by atoms with Crippen LogP contribution in [0.4, 0.5) is 0 Å². The fourth-order valence-corrected chi connectivity index (χ4v) is 1.93. The number of aromatic nitrogens is 3. The van der Waals surface area contributed by atoms with Crippen LogP contribution in [0.5, 0.6) is 0 Å². The summed E-state index contributed by atoms with van der Waals surface area (Å²) in [7, 11) is 0. The first-order valence-corrected chi connectivity index (χ1v) is 5.22. The number of nitrogens with zero attached hydrogens (tertiary/aromatic N) is 3. The molecule has 0 spiro atoms. The summed E-state index contributed by atoms with van der Waals surface area (Å²) < 4.78 is 1.74. The predicted octanol–water partition coefficient (Wildman–Crippen LogP) is 1.65. The Labute approximate surface area is 90.0 Å². The van der Waals surface area contributed by atoms with E-state index in [0.717, 1.165) is 5.01 Å². The van der Waals surface area contributed by atoms with Crippen molar-refractivity contribution in [2.24, 2.45) is 0 Å². The van der Waals surface area contributed by atoms with Gasteiger partial charge in [0.05, 0.1) is 12.4 Å². The summed E-state index contributed by atoms with van der Waals surface area (Å²) in [6, 6.07) is 0.0191. The highest BCUT2D eigenvalue weighted by atomic mass is 32.1. The van der Waals surface area contributed by atoms with Crippen molar-refractivity contribution in [3.8, 4) is 0 Å². The van der Waals surface area contributed by atoms with Gasteiger partial charge < -0.3 is 9.67 Å². The summed E-state index contributed by atoms with van der Waals surface area (Å²) in [4.78, 5) is 18.6.